The van der Waals surface area contributed by atoms with Gasteiger partial charge in [0.15, 0.2) is 11.9 Å². The standard InChI is InChI=1S/C19H16N4O3S/c1-2-27-19-21-17-15(22-23-19)13-5-3-4-6-14(13)20-16(26-17)11-7-9-12(10-8-11)18(24)25/h3-10,16,20H,2H2,1H3,(H,24,25). The summed E-state index contributed by atoms with van der Waals surface area (Å²) in [4.78, 5) is 15.6. The fourth-order valence-corrected chi connectivity index (χ4v) is 3.29. The summed E-state index contributed by atoms with van der Waals surface area (Å²) in [6.45, 7) is 2.02. The topological polar surface area (TPSA) is 97.2 Å². The van der Waals surface area contributed by atoms with Crippen LogP contribution in [0.25, 0.3) is 11.3 Å². The van der Waals surface area contributed by atoms with E-state index in [-0.39, 0.29) is 5.56 Å². The van der Waals surface area contributed by atoms with Crippen LogP contribution in [-0.4, -0.2) is 32.0 Å². The van der Waals surface area contributed by atoms with Crippen molar-refractivity contribution in [2.45, 2.75) is 18.3 Å². The maximum absolute atomic E-state index is 11.1. The summed E-state index contributed by atoms with van der Waals surface area (Å²) in [5, 5.41) is 21.5. The number of rotatable bonds is 4. The van der Waals surface area contributed by atoms with Crippen molar-refractivity contribution in [3.05, 3.63) is 59.7 Å². The zero-order chi connectivity index (χ0) is 18.8. The van der Waals surface area contributed by atoms with Gasteiger partial charge in [0.2, 0.25) is 11.0 Å². The Morgan fingerprint density at radius 3 is 2.70 bits per heavy atom. The van der Waals surface area contributed by atoms with E-state index in [2.05, 4.69) is 20.5 Å². The van der Waals surface area contributed by atoms with E-state index in [4.69, 9.17) is 9.84 Å². The van der Waals surface area contributed by atoms with Gasteiger partial charge in [-0.3, -0.25) is 0 Å². The Balaban J connectivity index is 1.78. The number of nitrogens with one attached hydrogen (secondary N) is 1. The van der Waals surface area contributed by atoms with Gasteiger partial charge in [0, 0.05) is 16.8 Å². The third-order valence-corrected chi connectivity index (χ3v) is 4.79. The zero-order valence-corrected chi connectivity index (χ0v) is 15.2. The first-order chi connectivity index (χ1) is 13.2. The van der Waals surface area contributed by atoms with Crippen LogP contribution in [0.15, 0.2) is 53.7 Å². The Bertz CT molecular complexity index is 994. The molecule has 1 aliphatic heterocycles. The van der Waals surface area contributed by atoms with Crippen molar-refractivity contribution in [2.24, 2.45) is 0 Å². The molecular formula is C19H16N4O3S. The van der Waals surface area contributed by atoms with Gasteiger partial charge in [0.1, 0.15) is 0 Å². The van der Waals surface area contributed by atoms with Crippen LogP contribution >= 0.6 is 11.8 Å². The van der Waals surface area contributed by atoms with E-state index < -0.39 is 12.2 Å². The summed E-state index contributed by atoms with van der Waals surface area (Å²) >= 11 is 1.49. The fraction of sp³-hybridized carbons (Fsp3) is 0.158. The molecule has 1 aromatic heterocycles. The van der Waals surface area contributed by atoms with Gasteiger partial charge in [-0.2, -0.15) is 4.98 Å². The number of thioether (sulfide) groups is 1. The highest BCUT2D eigenvalue weighted by Crippen LogP contribution is 2.39. The number of hydrogen-bond donors (Lipinski definition) is 2. The van der Waals surface area contributed by atoms with Crippen molar-refractivity contribution < 1.29 is 14.6 Å². The van der Waals surface area contributed by atoms with E-state index >= 15 is 0 Å². The molecule has 0 fully saturated rings. The minimum atomic E-state index is -0.967. The first kappa shape index (κ1) is 17.3. The lowest BCUT2D eigenvalue weighted by Crippen LogP contribution is -2.17. The number of carboxylic acids is 1. The molecule has 8 heteroatoms. The molecule has 0 saturated heterocycles. The van der Waals surface area contributed by atoms with E-state index in [0.29, 0.717) is 16.7 Å². The molecule has 2 N–H and O–H groups in total. The monoisotopic (exact) mass is 380 g/mol. The number of ether oxygens (including phenoxy) is 1. The predicted octanol–water partition coefficient (Wildman–Crippen LogP) is 3.85. The number of aromatic nitrogens is 3. The van der Waals surface area contributed by atoms with Crippen LogP contribution < -0.4 is 10.1 Å². The molecule has 1 unspecified atom stereocenters. The summed E-state index contributed by atoms with van der Waals surface area (Å²) in [5.41, 5.74) is 3.27. The maximum Gasteiger partial charge on any atom is 0.335 e. The Kier molecular flexibility index (Phi) is 4.64. The van der Waals surface area contributed by atoms with Crippen LogP contribution in [0.4, 0.5) is 5.69 Å². The second kappa shape index (κ2) is 7.24. The van der Waals surface area contributed by atoms with Gasteiger partial charge in [0.25, 0.3) is 0 Å². The molecule has 2 heterocycles. The van der Waals surface area contributed by atoms with Crippen LogP contribution in [0.2, 0.25) is 0 Å². The molecule has 0 radical (unpaired) electrons. The van der Waals surface area contributed by atoms with Crippen LogP contribution in [0.5, 0.6) is 5.88 Å². The summed E-state index contributed by atoms with van der Waals surface area (Å²) in [6, 6.07) is 14.3. The van der Waals surface area contributed by atoms with E-state index in [9.17, 15) is 4.79 Å². The smallest absolute Gasteiger partial charge is 0.335 e. The lowest BCUT2D eigenvalue weighted by atomic mass is 10.1. The summed E-state index contributed by atoms with van der Waals surface area (Å²) in [7, 11) is 0. The van der Waals surface area contributed by atoms with Gasteiger partial charge in [-0.25, -0.2) is 4.79 Å². The van der Waals surface area contributed by atoms with E-state index in [0.717, 1.165) is 22.6 Å². The van der Waals surface area contributed by atoms with Crippen LogP contribution in [-0.2, 0) is 0 Å². The Morgan fingerprint density at radius 2 is 1.96 bits per heavy atom. The van der Waals surface area contributed by atoms with Crippen molar-refractivity contribution in [1.29, 1.82) is 0 Å². The van der Waals surface area contributed by atoms with Gasteiger partial charge >= 0.3 is 5.97 Å². The number of nitrogens with zero attached hydrogens (tertiary/aromatic N) is 3. The Labute approximate surface area is 159 Å². The lowest BCUT2D eigenvalue weighted by Gasteiger charge is -2.19. The SMILES string of the molecule is CCSc1nnc2c(n1)OC(c1ccc(C(=O)O)cc1)Nc1ccccc1-2. The molecule has 7 nitrogen and oxygen atoms in total. The number of carboxylic acid groups (broad SMARTS) is 1. The number of carbonyl (C=O) groups is 1. The minimum Gasteiger partial charge on any atom is -0.478 e. The first-order valence-electron chi connectivity index (χ1n) is 8.39. The van der Waals surface area contributed by atoms with Crippen LogP contribution in [0.1, 0.15) is 29.1 Å². The van der Waals surface area contributed by atoms with Crippen molar-refractivity contribution in [3.63, 3.8) is 0 Å². The molecule has 27 heavy (non-hydrogen) atoms. The average molecular weight is 380 g/mol. The number of para-hydroxylation sites is 1. The lowest BCUT2D eigenvalue weighted by molar-refractivity contribution is 0.0696. The van der Waals surface area contributed by atoms with E-state index in [1.807, 2.05) is 31.2 Å². The molecule has 1 atom stereocenters. The predicted molar refractivity (Wildman–Crippen MR) is 102 cm³/mol. The highest BCUT2D eigenvalue weighted by atomic mass is 32.2. The molecule has 0 saturated carbocycles. The summed E-state index contributed by atoms with van der Waals surface area (Å²) in [6.07, 6.45) is -0.536. The quantitative estimate of drug-likeness (QED) is 0.659. The average Bonchev–Trinajstić information content (AvgIpc) is 2.85. The van der Waals surface area contributed by atoms with Crippen molar-refractivity contribution in [3.8, 4) is 17.1 Å². The molecule has 1 aliphatic rings. The molecule has 136 valence electrons. The molecule has 0 bridgehead atoms. The second-order valence-electron chi connectivity index (χ2n) is 5.80. The molecule has 2 aromatic carbocycles. The number of hydrogen-bond acceptors (Lipinski definition) is 7. The maximum atomic E-state index is 11.1. The normalized spacial score (nSPS) is 14.9. The van der Waals surface area contributed by atoms with Gasteiger partial charge in [-0.1, -0.05) is 49.0 Å². The molecule has 0 amide bonds. The third-order valence-electron chi connectivity index (χ3n) is 4.07. The van der Waals surface area contributed by atoms with Crippen molar-refractivity contribution in [1.82, 2.24) is 15.2 Å². The Morgan fingerprint density at radius 1 is 1.19 bits per heavy atom. The molecule has 0 spiro atoms. The number of benzene rings is 2. The summed E-state index contributed by atoms with van der Waals surface area (Å²) < 4.78 is 6.13. The van der Waals surface area contributed by atoms with Crippen molar-refractivity contribution >= 4 is 23.4 Å². The van der Waals surface area contributed by atoms with Gasteiger partial charge in [0.05, 0.1) is 5.56 Å². The van der Waals surface area contributed by atoms with E-state index in [1.165, 1.54) is 11.8 Å². The van der Waals surface area contributed by atoms with Crippen molar-refractivity contribution in [2.75, 3.05) is 11.1 Å². The number of anilines is 1. The highest BCUT2D eigenvalue weighted by Gasteiger charge is 2.26. The fourth-order valence-electron chi connectivity index (χ4n) is 2.79. The number of aromatic carboxylic acids is 1. The third kappa shape index (κ3) is 3.43. The molecule has 3 aromatic rings. The molecular weight excluding hydrogens is 364 g/mol. The molecule has 4 rings (SSSR count). The number of fused-ring (bicyclic) bond motifs is 3. The second-order valence-corrected chi connectivity index (χ2v) is 7.03. The Hall–Kier alpha value is -3.13. The van der Waals surface area contributed by atoms with Gasteiger partial charge < -0.3 is 15.2 Å². The van der Waals surface area contributed by atoms with Crippen LogP contribution in [0, 0.1) is 0 Å². The molecule has 0 aliphatic carbocycles. The van der Waals surface area contributed by atoms with Gasteiger partial charge in [-0.15, -0.1) is 10.2 Å². The summed E-state index contributed by atoms with van der Waals surface area (Å²) in [5.74, 6) is 0.255. The van der Waals surface area contributed by atoms with E-state index in [1.54, 1.807) is 24.3 Å². The highest BCUT2D eigenvalue weighted by molar-refractivity contribution is 7.99. The largest absolute Gasteiger partial charge is 0.478 e. The van der Waals surface area contributed by atoms with Gasteiger partial charge in [-0.05, 0) is 24.0 Å². The zero-order valence-electron chi connectivity index (χ0n) is 14.4. The first-order valence-corrected chi connectivity index (χ1v) is 9.37. The minimum absolute atomic E-state index is 0.221. The van der Waals surface area contributed by atoms with Crippen LogP contribution in [0.3, 0.4) is 0 Å².